The first-order chi connectivity index (χ1) is 15.9. The van der Waals surface area contributed by atoms with Gasteiger partial charge in [-0.2, -0.15) is 0 Å². The molecule has 166 valence electrons. The number of thiophene rings is 1. The molecule has 2 aromatic heterocycles. The topological polar surface area (TPSA) is 85.1 Å². The number of hydrogen-bond donors (Lipinski definition) is 2. The maximum absolute atomic E-state index is 13.6. The van der Waals surface area contributed by atoms with Crippen molar-refractivity contribution in [1.82, 2.24) is 4.98 Å². The van der Waals surface area contributed by atoms with Crippen molar-refractivity contribution in [3.05, 3.63) is 81.2 Å². The van der Waals surface area contributed by atoms with Crippen LogP contribution in [-0.2, 0) is 12.8 Å². The largest absolute Gasteiger partial charge is 0.365 e. The molecule has 2 aromatic carbocycles. The third-order valence-corrected chi connectivity index (χ3v) is 7.47. The van der Waals surface area contributed by atoms with Crippen LogP contribution in [0.15, 0.2) is 48.5 Å². The fourth-order valence-corrected chi connectivity index (χ4v) is 5.98. The Hall–Kier alpha value is -3.51. The highest BCUT2D eigenvalue weighted by Gasteiger charge is 2.26. The molecule has 33 heavy (non-hydrogen) atoms. The maximum atomic E-state index is 13.6. The van der Waals surface area contributed by atoms with Crippen molar-refractivity contribution in [3.8, 4) is 11.3 Å². The summed E-state index contributed by atoms with van der Waals surface area (Å²) in [6, 6.07) is 15.7. The molecule has 5 nitrogen and oxygen atoms in total. The van der Waals surface area contributed by atoms with Crippen molar-refractivity contribution >= 4 is 39.1 Å². The second-order valence-corrected chi connectivity index (χ2v) is 9.73. The van der Waals surface area contributed by atoms with Gasteiger partial charge < -0.3 is 11.1 Å². The van der Waals surface area contributed by atoms with E-state index in [1.807, 2.05) is 49.4 Å². The first-order valence-corrected chi connectivity index (χ1v) is 12.0. The van der Waals surface area contributed by atoms with Crippen molar-refractivity contribution in [2.24, 2.45) is 5.73 Å². The molecule has 6 heteroatoms. The van der Waals surface area contributed by atoms with Gasteiger partial charge in [0.05, 0.1) is 22.3 Å². The van der Waals surface area contributed by atoms with Crippen LogP contribution in [0.25, 0.3) is 22.2 Å². The monoisotopic (exact) mass is 455 g/mol. The lowest BCUT2D eigenvalue weighted by Crippen LogP contribution is -2.19. The second-order valence-electron chi connectivity index (χ2n) is 8.62. The van der Waals surface area contributed by atoms with Gasteiger partial charge >= 0.3 is 0 Å². The van der Waals surface area contributed by atoms with Crippen LogP contribution in [0.1, 0.15) is 55.1 Å². The van der Waals surface area contributed by atoms with Gasteiger partial charge in [0.1, 0.15) is 5.00 Å². The molecular weight excluding hydrogens is 430 g/mol. The quantitative estimate of drug-likeness (QED) is 0.407. The van der Waals surface area contributed by atoms with Gasteiger partial charge in [-0.15, -0.1) is 11.3 Å². The summed E-state index contributed by atoms with van der Waals surface area (Å²) in [5.74, 6) is -0.749. The van der Waals surface area contributed by atoms with Crippen LogP contribution in [-0.4, -0.2) is 16.8 Å². The van der Waals surface area contributed by atoms with Gasteiger partial charge in [0.2, 0.25) is 0 Å². The van der Waals surface area contributed by atoms with Crippen LogP contribution in [0, 0.1) is 13.8 Å². The van der Waals surface area contributed by atoms with Gasteiger partial charge in [0.15, 0.2) is 0 Å². The van der Waals surface area contributed by atoms with Crippen molar-refractivity contribution in [2.75, 3.05) is 5.32 Å². The maximum Gasteiger partial charge on any atom is 0.257 e. The Morgan fingerprint density at radius 1 is 1.03 bits per heavy atom. The van der Waals surface area contributed by atoms with E-state index in [1.165, 1.54) is 16.9 Å². The number of nitrogens with two attached hydrogens (primary N) is 1. The number of rotatable bonds is 4. The predicted octanol–water partition coefficient (Wildman–Crippen LogP) is 5.81. The minimum atomic E-state index is -0.486. The van der Waals surface area contributed by atoms with Gasteiger partial charge in [0, 0.05) is 15.8 Å². The van der Waals surface area contributed by atoms with E-state index in [1.54, 1.807) is 0 Å². The molecule has 0 spiro atoms. The lowest BCUT2D eigenvalue weighted by atomic mass is 9.95. The molecule has 2 amide bonds. The number of aryl methyl sites for hydroxylation is 3. The molecule has 4 aromatic rings. The van der Waals surface area contributed by atoms with Gasteiger partial charge in [0.25, 0.3) is 11.8 Å². The number of anilines is 1. The van der Waals surface area contributed by atoms with Gasteiger partial charge in [-0.1, -0.05) is 42.0 Å². The average Bonchev–Trinajstić information content (AvgIpc) is 3.16. The van der Waals surface area contributed by atoms with Crippen LogP contribution in [0.4, 0.5) is 5.00 Å². The molecule has 3 N–H and O–H groups in total. The summed E-state index contributed by atoms with van der Waals surface area (Å²) in [7, 11) is 0. The van der Waals surface area contributed by atoms with Crippen LogP contribution in [0.2, 0.25) is 0 Å². The molecule has 0 atom stereocenters. The van der Waals surface area contributed by atoms with E-state index in [-0.39, 0.29) is 5.91 Å². The Morgan fingerprint density at radius 2 is 1.82 bits per heavy atom. The highest BCUT2D eigenvalue weighted by atomic mass is 32.1. The third kappa shape index (κ3) is 3.91. The number of benzene rings is 2. The fraction of sp³-hybridized carbons (Fsp3) is 0.222. The fourth-order valence-electron chi connectivity index (χ4n) is 4.69. The number of nitrogens with one attached hydrogen (secondary N) is 1. The number of carbonyl (C=O) groups is 2. The first-order valence-electron chi connectivity index (χ1n) is 11.2. The molecule has 0 unspecified atom stereocenters. The Kier molecular flexibility index (Phi) is 5.46. The standard InChI is InChI=1S/C27H25N3O2S/c1-15-11-12-17(16(2)13-15)22-14-20(18-7-3-5-9-21(18)29-22)26(32)30-27-24(25(28)31)19-8-4-6-10-23(19)33-27/h3,5,7,9,11-14H,4,6,8,10H2,1-2H3,(H2,28,31)(H,30,32). The molecule has 2 heterocycles. The Balaban J connectivity index is 1.61. The number of nitrogens with zero attached hydrogens (tertiary/aromatic N) is 1. The molecular formula is C27H25N3O2S. The third-order valence-electron chi connectivity index (χ3n) is 6.26. The molecule has 1 aliphatic rings. The Morgan fingerprint density at radius 3 is 2.61 bits per heavy atom. The lowest BCUT2D eigenvalue weighted by Gasteiger charge is -2.13. The van der Waals surface area contributed by atoms with Crippen LogP contribution in [0.3, 0.4) is 0 Å². The highest BCUT2D eigenvalue weighted by molar-refractivity contribution is 7.17. The number of primary amides is 1. The van der Waals surface area contributed by atoms with E-state index in [9.17, 15) is 9.59 Å². The van der Waals surface area contributed by atoms with E-state index in [4.69, 9.17) is 10.7 Å². The summed E-state index contributed by atoms with van der Waals surface area (Å²) in [5.41, 5.74) is 12.5. The zero-order chi connectivity index (χ0) is 23.1. The van der Waals surface area contributed by atoms with Gasteiger partial charge in [-0.05, 0) is 62.8 Å². The zero-order valence-corrected chi connectivity index (χ0v) is 19.5. The number of fused-ring (bicyclic) bond motifs is 2. The molecule has 0 fully saturated rings. The summed E-state index contributed by atoms with van der Waals surface area (Å²) >= 11 is 1.47. The number of amides is 2. The molecule has 0 saturated carbocycles. The molecule has 0 bridgehead atoms. The first kappa shape index (κ1) is 21.3. The Bertz CT molecular complexity index is 1420. The molecule has 5 rings (SSSR count). The molecule has 0 radical (unpaired) electrons. The number of pyridine rings is 1. The van der Waals surface area contributed by atoms with E-state index < -0.39 is 5.91 Å². The highest BCUT2D eigenvalue weighted by Crippen LogP contribution is 2.38. The summed E-state index contributed by atoms with van der Waals surface area (Å²) in [6.45, 7) is 4.11. The van der Waals surface area contributed by atoms with Crippen LogP contribution < -0.4 is 11.1 Å². The normalized spacial score (nSPS) is 13.0. The van der Waals surface area contributed by atoms with E-state index in [0.717, 1.165) is 63.8 Å². The molecule has 0 aliphatic heterocycles. The summed E-state index contributed by atoms with van der Waals surface area (Å²) < 4.78 is 0. The molecule has 0 saturated heterocycles. The van der Waals surface area contributed by atoms with Gasteiger partial charge in [-0.25, -0.2) is 4.98 Å². The number of para-hydroxylation sites is 1. The molecule has 1 aliphatic carbocycles. The van der Waals surface area contributed by atoms with Gasteiger partial charge in [-0.3, -0.25) is 9.59 Å². The summed E-state index contributed by atoms with van der Waals surface area (Å²) in [5, 5.41) is 4.33. The lowest BCUT2D eigenvalue weighted by molar-refractivity contribution is 0.100. The summed E-state index contributed by atoms with van der Waals surface area (Å²) in [4.78, 5) is 31.8. The SMILES string of the molecule is Cc1ccc(-c2cc(C(=O)Nc3sc4c(c3C(N)=O)CCCC4)c3ccccc3n2)c(C)c1. The minimum absolute atomic E-state index is 0.263. The van der Waals surface area contributed by atoms with Crippen molar-refractivity contribution < 1.29 is 9.59 Å². The number of carbonyl (C=O) groups excluding carboxylic acids is 2. The Labute approximate surface area is 196 Å². The predicted molar refractivity (Wildman–Crippen MR) is 134 cm³/mol. The minimum Gasteiger partial charge on any atom is -0.365 e. The van der Waals surface area contributed by atoms with Crippen LogP contribution >= 0.6 is 11.3 Å². The van der Waals surface area contributed by atoms with Crippen molar-refractivity contribution in [3.63, 3.8) is 0 Å². The number of hydrogen-bond acceptors (Lipinski definition) is 4. The zero-order valence-electron chi connectivity index (χ0n) is 18.7. The smallest absolute Gasteiger partial charge is 0.257 e. The van der Waals surface area contributed by atoms with Crippen LogP contribution in [0.5, 0.6) is 0 Å². The van der Waals surface area contributed by atoms with E-state index >= 15 is 0 Å². The summed E-state index contributed by atoms with van der Waals surface area (Å²) in [6.07, 6.45) is 3.87. The van der Waals surface area contributed by atoms with Crippen molar-refractivity contribution in [1.29, 1.82) is 0 Å². The number of aromatic nitrogens is 1. The van der Waals surface area contributed by atoms with E-state index in [2.05, 4.69) is 18.3 Å². The average molecular weight is 456 g/mol. The van der Waals surface area contributed by atoms with Crippen molar-refractivity contribution in [2.45, 2.75) is 39.5 Å². The second kappa shape index (κ2) is 8.45. The van der Waals surface area contributed by atoms with E-state index in [0.29, 0.717) is 16.1 Å².